The summed E-state index contributed by atoms with van der Waals surface area (Å²) in [5, 5.41) is 6.95. The van der Waals surface area contributed by atoms with Gasteiger partial charge in [-0.25, -0.2) is 0 Å². The molecule has 3 nitrogen and oxygen atoms in total. The number of likely N-dealkylation sites (N-methyl/N-ethyl adjacent to an activating group) is 1. The Morgan fingerprint density at radius 3 is 2.50 bits per heavy atom. The molecule has 1 fully saturated rings. The van der Waals surface area contributed by atoms with Gasteiger partial charge in [0.2, 0.25) is 0 Å². The smallest absolute Gasteiger partial charge is 0.123 e. The minimum atomic E-state index is 0.305. The summed E-state index contributed by atoms with van der Waals surface area (Å²) in [6.45, 7) is 5.23. The van der Waals surface area contributed by atoms with Gasteiger partial charge in [0, 0.05) is 24.2 Å². The zero-order chi connectivity index (χ0) is 13.1. The van der Waals surface area contributed by atoms with Crippen LogP contribution in [0.2, 0.25) is 0 Å². The Morgan fingerprint density at radius 1 is 1.28 bits per heavy atom. The van der Waals surface area contributed by atoms with Crippen LogP contribution in [-0.4, -0.2) is 26.7 Å². The van der Waals surface area contributed by atoms with Crippen molar-refractivity contribution in [2.75, 3.05) is 20.7 Å². The quantitative estimate of drug-likeness (QED) is 0.810. The van der Waals surface area contributed by atoms with E-state index in [1.807, 2.05) is 7.05 Å². The van der Waals surface area contributed by atoms with Gasteiger partial charge in [0.25, 0.3) is 0 Å². The second-order valence-electron chi connectivity index (χ2n) is 5.20. The van der Waals surface area contributed by atoms with Crippen molar-refractivity contribution < 1.29 is 4.74 Å². The molecular weight excluding hydrogens is 224 g/mol. The van der Waals surface area contributed by atoms with Crippen molar-refractivity contribution in [2.24, 2.45) is 0 Å². The predicted octanol–water partition coefficient (Wildman–Crippen LogP) is 2.32. The monoisotopic (exact) mass is 248 g/mol. The number of hydrogen-bond donors (Lipinski definition) is 2. The Kier molecular flexibility index (Phi) is 4.25. The number of hydrogen-bond acceptors (Lipinski definition) is 3. The highest BCUT2D eigenvalue weighted by Gasteiger charge is 2.23. The Balaban J connectivity index is 2.18. The van der Waals surface area contributed by atoms with Crippen LogP contribution in [0.25, 0.3) is 0 Å². The number of aryl methyl sites for hydroxylation is 2. The molecule has 0 heterocycles. The van der Waals surface area contributed by atoms with Crippen molar-refractivity contribution >= 4 is 0 Å². The van der Waals surface area contributed by atoms with Crippen LogP contribution in [0, 0.1) is 13.8 Å². The second kappa shape index (κ2) is 5.72. The first kappa shape index (κ1) is 13.4. The van der Waals surface area contributed by atoms with Gasteiger partial charge in [-0.05, 0) is 50.9 Å². The Bertz CT molecular complexity index is 413. The van der Waals surface area contributed by atoms with Crippen molar-refractivity contribution in [3.63, 3.8) is 0 Å². The molecule has 0 aliphatic heterocycles. The van der Waals surface area contributed by atoms with E-state index in [2.05, 4.69) is 36.6 Å². The van der Waals surface area contributed by atoms with E-state index in [0.717, 1.165) is 18.3 Å². The fraction of sp³-hybridized carbons (Fsp3) is 0.600. The van der Waals surface area contributed by atoms with Gasteiger partial charge >= 0.3 is 0 Å². The van der Waals surface area contributed by atoms with E-state index < -0.39 is 0 Å². The van der Waals surface area contributed by atoms with E-state index >= 15 is 0 Å². The fourth-order valence-corrected chi connectivity index (χ4v) is 2.20. The van der Waals surface area contributed by atoms with Gasteiger partial charge in [0.1, 0.15) is 5.75 Å². The predicted molar refractivity (Wildman–Crippen MR) is 75.3 cm³/mol. The summed E-state index contributed by atoms with van der Waals surface area (Å²) in [4.78, 5) is 0. The van der Waals surface area contributed by atoms with Crippen molar-refractivity contribution in [1.29, 1.82) is 0 Å². The first-order valence-corrected chi connectivity index (χ1v) is 6.71. The van der Waals surface area contributed by atoms with Gasteiger partial charge < -0.3 is 15.4 Å². The number of rotatable bonds is 6. The van der Waals surface area contributed by atoms with Crippen molar-refractivity contribution in [1.82, 2.24) is 10.6 Å². The molecule has 0 saturated heterocycles. The van der Waals surface area contributed by atoms with Crippen LogP contribution in [-0.2, 0) is 0 Å². The maximum absolute atomic E-state index is 5.52. The number of nitrogens with one attached hydrogen (secondary N) is 2. The summed E-state index contributed by atoms with van der Waals surface area (Å²) < 4.78 is 5.52. The lowest BCUT2D eigenvalue weighted by Gasteiger charge is -2.21. The lowest BCUT2D eigenvalue weighted by Crippen LogP contribution is -2.31. The highest BCUT2D eigenvalue weighted by Crippen LogP contribution is 2.29. The van der Waals surface area contributed by atoms with Crippen LogP contribution in [0.1, 0.15) is 35.6 Å². The third-order valence-electron chi connectivity index (χ3n) is 3.76. The van der Waals surface area contributed by atoms with Crippen molar-refractivity contribution in [2.45, 2.75) is 38.8 Å². The number of methoxy groups -OCH3 is 1. The topological polar surface area (TPSA) is 33.3 Å². The molecule has 1 aliphatic carbocycles. The Hall–Kier alpha value is -1.06. The summed E-state index contributed by atoms with van der Waals surface area (Å²) in [5.41, 5.74) is 3.84. The van der Waals surface area contributed by atoms with Gasteiger partial charge in [-0.2, -0.15) is 0 Å². The average Bonchev–Trinajstić information content (AvgIpc) is 3.18. The summed E-state index contributed by atoms with van der Waals surface area (Å²) >= 11 is 0. The molecule has 2 rings (SSSR count). The molecule has 1 saturated carbocycles. The molecule has 1 atom stereocenters. The molecule has 100 valence electrons. The number of benzene rings is 1. The van der Waals surface area contributed by atoms with Crippen LogP contribution in [0.15, 0.2) is 12.1 Å². The van der Waals surface area contributed by atoms with E-state index in [4.69, 9.17) is 4.74 Å². The number of ether oxygens (including phenoxy) is 1. The SMILES string of the molecule is CNC(CNC1CC1)c1cc(C)c(C)cc1OC. The molecule has 0 aromatic heterocycles. The molecular formula is C15H24N2O. The van der Waals surface area contributed by atoms with Crippen molar-refractivity contribution in [3.05, 3.63) is 28.8 Å². The summed E-state index contributed by atoms with van der Waals surface area (Å²) in [7, 11) is 3.75. The van der Waals surface area contributed by atoms with E-state index in [-0.39, 0.29) is 0 Å². The maximum Gasteiger partial charge on any atom is 0.123 e. The first-order valence-electron chi connectivity index (χ1n) is 6.71. The molecule has 0 radical (unpaired) electrons. The largest absolute Gasteiger partial charge is 0.496 e. The zero-order valence-corrected chi connectivity index (χ0v) is 11.8. The molecule has 18 heavy (non-hydrogen) atoms. The normalized spacial score (nSPS) is 16.7. The zero-order valence-electron chi connectivity index (χ0n) is 11.8. The van der Waals surface area contributed by atoms with Gasteiger partial charge in [-0.1, -0.05) is 6.07 Å². The molecule has 1 aromatic rings. The maximum atomic E-state index is 5.52. The molecule has 1 unspecified atom stereocenters. The molecule has 3 heteroatoms. The summed E-state index contributed by atoms with van der Waals surface area (Å²) in [6, 6.07) is 5.41. The lowest BCUT2D eigenvalue weighted by atomic mass is 9.99. The molecule has 2 N–H and O–H groups in total. The Morgan fingerprint density at radius 2 is 1.94 bits per heavy atom. The second-order valence-corrected chi connectivity index (χ2v) is 5.20. The lowest BCUT2D eigenvalue weighted by molar-refractivity contribution is 0.398. The minimum Gasteiger partial charge on any atom is -0.496 e. The molecule has 1 aromatic carbocycles. The van der Waals surface area contributed by atoms with Gasteiger partial charge in [0.15, 0.2) is 0 Å². The Labute approximate surface area is 110 Å². The van der Waals surface area contributed by atoms with Gasteiger partial charge in [-0.3, -0.25) is 0 Å². The third-order valence-corrected chi connectivity index (χ3v) is 3.76. The third kappa shape index (κ3) is 3.03. The van der Waals surface area contributed by atoms with Gasteiger partial charge in [-0.15, -0.1) is 0 Å². The van der Waals surface area contributed by atoms with Crippen LogP contribution in [0.5, 0.6) is 5.75 Å². The molecule has 0 bridgehead atoms. The first-order chi connectivity index (χ1) is 8.65. The summed E-state index contributed by atoms with van der Waals surface area (Å²) in [6.07, 6.45) is 2.64. The molecule has 1 aliphatic rings. The van der Waals surface area contributed by atoms with Crippen molar-refractivity contribution in [3.8, 4) is 5.75 Å². The highest BCUT2D eigenvalue weighted by atomic mass is 16.5. The average molecular weight is 248 g/mol. The fourth-order valence-electron chi connectivity index (χ4n) is 2.20. The van der Waals surface area contributed by atoms with E-state index in [9.17, 15) is 0 Å². The van der Waals surface area contributed by atoms with E-state index in [0.29, 0.717) is 6.04 Å². The van der Waals surface area contributed by atoms with Crippen LogP contribution >= 0.6 is 0 Å². The minimum absolute atomic E-state index is 0.305. The molecule has 0 amide bonds. The van der Waals surface area contributed by atoms with E-state index in [1.165, 1.54) is 29.5 Å². The van der Waals surface area contributed by atoms with Crippen LogP contribution < -0.4 is 15.4 Å². The molecule has 0 spiro atoms. The van der Waals surface area contributed by atoms with Crippen LogP contribution in [0.3, 0.4) is 0 Å². The summed E-state index contributed by atoms with van der Waals surface area (Å²) in [5.74, 6) is 0.982. The highest BCUT2D eigenvalue weighted by molar-refractivity contribution is 5.43. The standard InChI is InChI=1S/C15H24N2O/c1-10-7-13(15(18-4)8-11(10)2)14(16-3)9-17-12-5-6-12/h7-8,12,14,16-17H,5-6,9H2,1-4H3. The van der Waals surface area contributed by atoms with Gasteiger partial charge in [0.05, 0.1) is 7.11 Å². The van der Waals surface area contributed by atoms with E-state index in [1.54, 1.807) is 7.11 Å². The van der Waals surface area contributed by atoms with Crippen LogP contribution in [0.4, 0.5) is 0 Å².